The predicted octanol–water partition coefficient (Wildman–Crippen LogP) is 4.96. The number of anilines is 1. The van der Waals surface area contributed by atoms with Crippen LogP contribution in [0.5, 0.6) is 0 Å². The molecule has 1 aromatic heterocycles. The lowest BCUT2D eigenvalue weighted by Gasteiger charge is -2.33. The zero-order valence-electron chi connectivity index (χ0n) is 15.1. The summed E-state index contributed by atoms with van der Waals surface area (Å²) in [7, 11) is -3.70. The molecule has 27 heavy (non-hydrogen) atoms. The van der Waals surface area contributed by atoms with Crippen LogP contribution in [0.1, 0.15) is 19.8 Å². The highest BCUT2D eigenvalue weighted by atomic mass is 35.5. The molecule has 0 radical (unpaired) electrons. The molecule has 1 fully saturated rings. The molecule has 4 rings (SSSR count). The lowest BCUT2D eigenvalue weighted by Crippen LogP contribution is -2.33. The first-order valence-electron chi connectivity index (χ1n) is 9.10. The van der Waals surface area contributed by atoms with Gasteiger partial charge in [0, 0.05) is 29.2 Å². The molecule has 1 aliphatic rings. The molecule has 0 N–H and O–H groups in total. The Hall–Kier alpha value is -2.11. The maximum Gasteiger partial charge on any atom is 0.223 e. The summed E-state index contributed by atoms with van der Waals surface area (Å²) in [5.74, 6) is 0.691. The number of sulfone groups is 1. The molecular formula is C21H21ClN2O2S. The highest BCUT2D eigenvalue weighted by molar-refractivity contribution is 7.91. The fourth-order valence-electron chi connectivity index (χ4n) is 3.53. The van der Waals surface area contributed by atoms with Gasteiger partial charge in [0.25, 0.3) is 0 Å². The first kappa shape index (κ1) is 18.3. The summed E-state index contributed by atoms with van der Waals surface area (Å²) < 4.78 is 26.3. The van der Waals surface area contributed by atoms with Crippen molar-refractivity contribution in [2.75, 3.05) is 18.0 Å². The van der Waals surface area contributed by atoms with Gasteiger partial charge in [0.1, 0.15) is 0 Å². The summed E-state index contributed by atoms with van der Waals surface area (Å²) in [5, 5.41) is 1.54. The first-order chi connectivity index (χ1) is 12.9. The van der Waals surface area contributed by atoms with Crippen molar-refractivity contribution < 1.29 is 8.42 Å². The normalized spacial score (nSPS) is 16.0. The SMILES string of the molecule is CC1CCN(c2cc(S(=O)(=O)c3ccccc3)nc3cc(Cl)ccc23)CC1. The van der Waals surface area contributed by atoms with E-state index in [-0.39, 0.29) is 9.92 Å². The van der Waals surface area contributed by atoms with Crippen molar-refractivity contribution in [3.63, 3.8) is 0 Å². The lowest BCUT2D eigenvalue weighted by molar-refractivity contribution is 0.439. The van der Waals surface area contributed by atoms with Crippen LogP contribution in [-0.2, 0) is 9.84 Å². The summed E-state index contributed by atoms with van der Waals surface area (Å²) in [5.41, 5.74) is 1.52. The van der Waals surface area contributed by atoms with Crippen molar-refractivity contribution in [1.82, 2.24) is 4.98 Å². The van der Waals surface area contributed by atoms with Crippen LogP contribution in [0.2, 0.25) is 5.02 Å². The number of hydrogen-bond donors (Lipinski definition) is 0. The second-order valence-electron chi connectivity index (χ2n) is 7.13. The van der Waals surface area contributed by atoms with E-state index in [2.05, 4.69) is 16.8 Å². The van der Waals surface area contributed by atoms with Crippen molar-refractivity contribution in [3.05, 3.63) is 59.6 Å². The molecule has 0 atom stereocenters. The van der Waals surface area contributed by atoms with Crippen LogP contribution in [0.25, 0.3) is 10.9 Å². The third kappa shape index (κ3) is 3.54. The van der Waals surface area contributed by atoms with Gasteiger partial charge in [-0.05, 0) is 55.2 Å². The fraction of sp³-hybridized carbons (Fsp3) is 0.286. The van der Waals surface area contributed by atoms with E-state index in [1.54, 1.807) is 42.5 Å². The Morgan fingerprint density at radius 3 is 2.44 bits per heavy atom. The molecule has 4 nitrogen and oxygen atoms in total. The van der Waals surface area contributed by atoms with Gasteiger partial charge in [-0.15, -0.1) is 0 Å². The van der Waals surface area contributed by atoms with Crippen LogP contribution in [0.4, 0.5) is 5.69 Å². The van der Waals surface area contributed by atoms with Crippen LogP contribution in [0.3, 0.4) is 0 Å². The second kappa shape index (κ2) is 7.13. The van der Waals surface area contributed by atoms with E-state index in [4.69, 9.17) is 11.6 Å². The Kier molecular flexibility index (Phi) is 4.82. The molecule has 2 heterocycles. The quantitative estimate of drug-likeness (QED) is 0.623. The van der Waals surface area contributed by atoms with Gasteiger partial charge in [0.2, 0.25) is 9.84 Å². The van der Waals surface area contributed by atoms with Crippen LogP contribution in [0.15, 0.2) is 64.5 Å². The van der Waals surface area contributed by atoms with Crippen LogP contribution >= 0.6 is 11.6 Å². The van der Waals surface area contributed by atoms with E-state index in [9.17, 15) is 8.42 Å². The number of hydrogen-bond acceptors (Lipinski definition) is 4. The lowest BCUT2D eigenvalue weighted by atomic mass is 9.98. The largest absolute Gasteiger partial charge is 0.371 e. The Labute approximate surface area is 164 Å². The van der Waals surface area contributed by atoms with Crippen molar-refractivity contribution in [3.8, 4) is 0 Å². The number of benzene rings is 2. The zero-order chi connectivity index (χ0) is 19.0. The highest BCUT2D eigenvalue weighted by Crippen LogP contribution is 2.34. The summed E-state index contributed by atoms with van der Waals surface area (Å²) in [6.07, 6.45) is 2.19. The predicted molar refractivity (Wildman–Crippen MR) is 109 cm³/mol. The number of rotatable bonds is 3. The third-order valence-electron chi connectivity index (χ3n) is 5.18. The van der Waals surface area contributed by atoms with E-state index in [0.29, 0.717) is 16.5 Å². The van der Waals surface area contributed by atoms with E-state index in [0.717, 1.165) is 37.0 Å². The molecule has 0 unspecified atom stereocenters. The second-order valence-corrected chi connectivity index (χ2v) is 9.46. The number of aromatic nitrogens is 1. The molecule has 140 valence electrons. The van der Waals surface area contributed by atoms with Crippen LogP contribution in [0, 0.1) is 5.92 Å². The standard InChI is InChI=1S/C21H21ClN2O2S/c1-15-9-11-24(12-10-15)20-14-21(23-19-13-16(22)7-8-18(19)20)27(25,26)17-5-3-2-4-6-17/h2-8,13-15H,9-12H2,1H3. The van der Waals surface area contributed by atoms with Crippen molar-refractivity contribution in [2.24, 2.45) is 5.92 Å². The summed E-state index contributed by atoms with van der Waals surface area (Å²) >= 11 is 6.16. The minimum Gasteiger partial charge on any atom is -0.371 e. The molecular weight excluding hydrogens is 380 g/mol. The number of piperidine rings is 1. The molecule has 0 spiro atoms. The minimum absolute atomic E-state index is 0.0667. The molecule has 0 amide bonds. The smallest absolute Gasteiger partial charge is 0.223 e. The van der Waals surface area contributed by atoms with Gasteiger partial charge in [0.05, 0.1) is 10.4 Å². The Balaban J connectivity index is 1.90. The number of fused-ring (bicyclic) bond motifs is 1. The number of halogens is 1. The van der Waals surface area contributed by atoms with Crippen molar-refractivity contribution >= 4 is 38.0 Å². The van der Waals surface area contributed by atoms with E-state index >= 15 is 0 Å². The van der Waals surface area contributed by atoms with E-state index < -0.39 is 9.84 Å². The molecule has 1 aliphatic heterocycles. The molecule has 0 saturated carbocycles. The number of nitrogens with zero attached hydrogens (tertiary/aromatic N) is 2. The van der Waals surface area contributed by atoms with Gasteiger partial charge in [0.15, 0.2) is 5.03 Å². The van der Waals surface area contributed by atoms with Gasteiger partial charge in [-0.3, -0.25) is 0 Å². The third-order valence-corrected chi connectivity index (χ3v) is 7.07. The first-order valence-corrected chi connectivity index (χ1v) is 11.0. The summed E-state index contributed by atoms with van der Waals surface area (Å²) in [6, 6.07) is 15.6. The average Bonchev–Trinajstić information content (AvgIpc) is 2.68. The molecule has 2 aromatic carbocycles. The van der Waals surface area contributed by atoms with Crippen molar-refractivity contribution in [2.45, 2.75) is 29.7 Å². The van der Waals surface area contributed by atoms with Crippen LogP contribution < -0.4 is 4.90 Å². The summed E-state index contributed by atoms with van der Waals surface area (Å²) in [4.78, 5) is 6.97. The molecule has 0 aliphatic carbocycles. The van der Waals surface area contributed by atoms with Gasteiger partial charge in [-0.25, -0.2) is 13.4 Å². The average molecular weight is 401 g/mol. The topological polar surface area (TPSA) is 50.3 Å². The van der Waals surface area contributed by atoms with Gasteiger partial charge < -0.3 is 4.90 Å². The molecule has 3 aromatic rings. The van der Waals surface area contributed by atoms with Crippen LogP contribution in [-0.4, -0.2) is 26.5 Å². The van der Waals surface area contributed by atoms with Gasteiger partial charge in [-0.1, -0.05) is 36.7 Å². The Morgan fingerprint density at radius 2 is 1.74 bits per heavy atom. The van der Waals surface area contributed by atoms with Gasteiger partial charge in [-0.2, -0.15) is 0 Å². The van der Waals surface area contributed by atoms with E-state index in [1.807, 2.05) is 12.1 Å². The van der Waals surface area contributed by atoms with E-state index in [1.165, 1.54) is 0 Å². The number of pyridine rings is 1. The molecule has 6 heteroatoms. The monoisotopic (exact) mass is 400 g/mol. The Morgan fingerprint density at radius 1 is 1.04 bits per heavy atom. The molecule has 1 saturated heterocycles. The maximum absolute atomic E-state index is 13.1. The minimum atomic E-state index is -3.70. The highest BCUT2D eigenvalue weighted by Gasteiger charge is 2.24. The summed E-state index contributed by atoms with van der Waals surface area (Å²) in [6.45, 7) is 4.08. The fourth-order valence-corrected chi connectivity index (χ4v) is 4.94. The van der Waals surface area contributed by atoms with Gasteiger partial charge >= 0.3 is 0 Å². The zero-order valence-corrected chi connectivity index (χ0v) is 16.7. The Bertz CT molecular complexity index is 1080. The molecule has 0 bridgehead atoms. The maximum atomic E-state index is 13.1. The van der Waals surface area contributed by atoms with Crippen molar-refractivity contribution in [1.29, 1.82) is 0 Å².